The number of thiazole rings is 1. The number of carbonyl (C=O) groups excluding carboxylic acids is 3. The number of anilines is 2. The monoisotopic (exact) mass is 640 g/mol. The topological polar surface area (TPSA) is 132 Å². The fourth-order valence-electron chi connectivity index (χ4n) is 5.19. The molecule has 0 radical (unpaired) electrons. The van der Waals surface area contributed by atoms with Crippen molar-refractivity contribution in [3.05, 3.63) is 113 Å². The van der Waals surface area contributed by atoms with Gasteiger partial charge in [-0.3, -0.25) is 33.9 Å². The van der Waals surface area contributed by atoms with Crippen LogP contribution in [-0.2, 0) is 20.9 Å². The van der Waals surface area contributed by atoms with E-state index in [4.69, 9.17) is 23.2 Å². The van der Waals surface area contributed by atoms with Crippen molar-refractivity contribution in [3.8, 4) is 0 Å². The van der Waals surface area contributed by atoms with Gasteiger partial charge in [-0.2, -0.15) is 0 Å². The molecule has 212 valence electrons. The summed E-state index contributed by atoms with van der Waals surface area (Å²) < 4.78 is 1.30. The first-order valence-corrected chi connectivity index (χ1v) is 14.9. The Balaban J connectivity index is 1.43. The van der Waals surface area contributed by atoms with Crippen LogP contribution in [0.25, 0.3) is 0 Å². The molecule has 14 heteroatoms. The SMILES string of the molecule is O=C(Cn1c2c(sc1=O)C(c1cccc(Cl)c1Cl)C1C(=O)N(c3ccc([N+](=O)[O-])cc3)C(=O)C1S2)Nc1ccccc1. The summed E-state index contributed by atoms with van der Waals surface area (Å²) in [6, 6.07) is 18.9. The second kappa shape index (κ2) is 11.0. The van der Waals surface area contributed by atoms with Gasteiger partial charge in [-0.25, -0.2) is 4.90 Å². The van der Waals surface area contributed by atoms with Crippen molar-refractivity contribution in [2.24, 2.45) is 5.92 Å². The zero-order valence-corrected chi connectivity index (χ0v) is 24.4. The molecule has 3 atom stereocenters. The summed E-state index contributed by atoms with van der Waals surface area (Å²) in [6.45, 7) is -0.311. The number of nitrogens with one attached hydrogen (secondary N) is 1. The minimum absolute atomic E-state index is 0.184. The number of halogens is 2. The van der Waals surface area contributed by atoms with Crippen LogP contribution in [0.1, 0.15) is 16.4 Å². The molecule has 3 aromatic carbocycles. The van der Waals surface area contributed by atoms with Crippen LogP contribution in [0.15, 0.2) is 82.6 Å². The normalized spacial score (nSPS) is 19.4. The largest absolute Gasteiger partial charge is 0.325 e. The second-order valence-electron chi connectivity index (χ2n) is 9.51. The Morgan fingerprint density at radius 1 is 0.952 bits per heavy atom. The number of thioether (sulfide) groups is 1. The molecule has 2 aliphatic heterocycles. The van der Waals surface area contributed by atoms with Crippen molar-refractivity contribution in [2.75, 3.05) is 10.2 Å². The first-order valence-electron chi connectivity index (χ1n) is 12.5. The molecule has 2 aliphatic rings. The number of imide groups is 1. The summed E-state index contributed by atoms with van der Waals surface area (Å²) in [6.07, 6.45) is 0. The van der Waals surface area contributed by atoms with E-state index in [1.165, 1.54) is 28.8 Å². The first kappa shape index (κ1) is 28.2. The molecule has 6 rings (SSSR count). The number of rotatable bonds is 6. The van der Waals surface area contributed by atoms with Gasteiger partial charge < -0.3 is 5.32 Å². The van der Waals surface area contributed by atoms with Crippen molar-refractivity contribution in [2.45, 2.75) is 22.7 Å². The van der Waals surface area contributed by atoms with Crippen LogP contribution in [0.3, 0.4) is 0 Å². The van der Waals surface area contributed by atoms with E-state index in [1.807, 2.05) is 6.07 Å². The lowest BCUT2D eigenvalue weighted by Crippen LogP contribution is -2.33. The fourth-order valence-corrected chi connectivity index (χ4v) is 8.38. The number of carbonyl (C=O) groups is 3. The predicted molar refractivity (Wildman–Crippen MR) is 161 cm³/mol. The molecule has 1 aromatic heterocycles. The lowest BCUT2D eigenvalue weighted by Gasteiger charge is -2.31. The number of hydrogen-bond donors (Lipinski definition) is 1. The Morgan fingerprint density at radius 3 is 2.36 bits per heavy atom. The maximum Gasteiger partial charge on any atom is 0.308 e. The number of non-ortho nitro benzene ring substituents is 1. The molecule has 42 heavy (non-hydrogen) atoms. The third kappa shape index (κ3) is 4.79. The maximum absolute atomic E-state index is 14.0. The summed E-state index contributed by atoms with van der Waals surface area (Å²) >= 11 is 14.9. The van der Waals surface area contributed by atoms with Crippen LogP contribution >= 0.6 is 46.3 Å². The molecule has 10 nitrogen and oxygen atoms in total. The second-order valence-corrected chi connectivity index (χ2v) is 12.4. The van der Waals surface area contributed by atoms with E-state index in [-0.39, 0.29) is 28.0 Å². The van der Waals surface area contributed by atoms with Gasteiger partial charge in [0.05, 0.1) is 31.6 Å². The zero-order valence-electron chi connectivity index (χ0n) is 21.2. The maximum atomic E-state index is 14.0. The van der Waals surface area contributed by atoms with Crippen LogP contribution < -0.4 is 15.1 Å². The average molecular weight is 642 g/mol. The molecule has 3 heterocycles. The van der Waals surface area contributed by atoms with Gasteiger partial charge in [0.25, 0.3) is 5.69 Å². The predicted octanol–water partition coefficient (Wildman–Crippen LogP) is 5.56. The molecule has 0 spiro atoms. The molecular weight excluding hydrogens is 623 g/mol. The summed E-state index contributed by atoms with van der Waals surface area (Å²) in [5.74, 6) is -3.28. The first-order chi connectivity index (χ1) is 20.2. The Labute approximate surface area is 256 Å². The minimum Gasteiger partial charge on any atom is -0.325 e. The number of nitrogens with zero attached hydrogens (tertiary/aromatic N) is 3. The molecule has 3 amide bonds. The average Bonchev–Trinajstić information content (AvgIpc) is 3.41. The van der Waals surface area contributed by atoms with Gasteiger partial charge in [-0.1, -0.05) is 76.6 Å². The molecule has 1 saturated heterocycles. The van der Waals surface area contributed by atoms with Crippen molar-refractivity contribution < 1.29 is 19.3 Å². The van der Waals surface area contributed by atoms with Gasteiger partial charge in [-0.15, -0.1) is 0 Å². The number of nitro benzene ring substituents is 1. The van der Waals surface area contributed by atoms with Gasteiger partial charge in [0, 0.05) is 28.6 Å². The fraction of sp³-hybridized carbons (Fsp3) is 0.143. The number of aromatic nitrogens is 1. The third-order valence-electron chi connectivity index (χ3n) is 7.04. The van der Waals surface area contributed by atoms with Gasteiger partial charge >= 0.3 is 4.87 Å². The molecule has 0 bridgehead atoms. The molecule has 0 aliphatic carbocycles. The highest BCUT2D eigenvalue weighted by molar-refractivity contribution is 8.00. The van der Waals surface area contributed by atoms with Gasteiger partial charge in [-0.05, 0) is 35.9 Å². The Hall–Kier alpha value is -3.97. The van der Waals surface area contributed by atoms with Crippen molar-refractivity contribution in [3.63, 3.8) is 0 Å². The van der Waals surface area contributed by atoms with Crippen LogP contribution in [0, 0.1) is 16.0 Å². The quantitative estimate of drug-likeness (QED) is 0.166. The smallest absolute Gasteiger partial charge is 0.308 e. The highest BCUT2D eigenvalue weighted by Gasteiger charge is 2.57. The van der Waals surface area contributed by atoms with E-state index in [2.05, 4.69) is 5.32 Å². The Bertz CT molecular complexity index is 1830. The summed E-state index contributed by atoms with van der Waals surface area (Å²) in [4.78, 5) is 65.6. The molecule has 1 N–H and O–H groups in total. The number of para-hydroxylation sites is 1. The minimum atomic E-state index is -0.960. The van der Waals surface area contributed by atoms with Crippen molar-refractivity contribution in [1.29, 1.82) is 0 Å². The van der Waals surface area contributed by atoms with Gasteiger partial charge in [0.2, 0.25) is 17.7 Å². The molecular formula is C28H18Cl2N4O6S2. The summed E-state index contributed by atoms with van der Waals surface area (Å²) in [7, 11) is 0. The van der Waals surface area contributed by atoms with E-state index < -0.39 is 44.6 Å². The number of hydrogen-bond acceptors (Lipinski definition) is 8. The molecule has 3 unspecified atom stereocenters. The number of nitro groups is 1. The lowest BCUT2D eigenvalue weighted by atomic mass is 9.83. The third-order valence-corrected chi connectivity index (χ3v) is 10.5. The number of amides is 3. The zero-order chi connectivity index (χ0) is 29.7. The van der Waals surface area contributed by atoms with Gasteiger partial charge in [0.1, 0.15) is 11.8 Å². The summed E-state index contributed by atoms with van der Waals surface area (Å²) in [5.41, 5.74) is 1.03. The Kier molecular flexibility index (Phi) is 7.39. The van der Waals surface area contributed by atoms with E-state index in [9.17, 15) is 29.3 Å². The summed E-state index contributed by atoms with van der Waals surface area (Å²) in [5, 5.41) is 13.7. The van der Waals surface area contributed by atoms with Crippen LogP contribution in [0.2, 0.25) is 10.0 Å². The Morgan fingerprint density at radius 2 is 1.67 bits per heavy atom. The number of benzene rings is 3. The highest BCUT2D eigenvalue weighted by Crippen LogP contribution is 2.55. The van der Waals surface area contributed by atoms with E-state index in [0.717, 1.165) is 28.0 Å². The molecule has 0 saturated carbocycles. The highest BCUT2D eigenvalue weighted by atomic mass is 35.5. The van der Waals surface area contributed by atoms with E-state index in [1.54, 1.807) is 42.5 Å². The number of fused-ring (bicyclic) bond motifs is 2. The van der Waals surface area contributed by atoms with Crippen molar-refractivity contribution in [1.82, 2.24) is 4.57 Å². The molecule has 1 fully saturated rings. The standard InChI is InChI=1S/C28H18Cl2N4O6S2/c29-18-8-4-7-17(22(18)30)20-21-23(26(37)33(25(21)36)15-9-11-16(12-10-15)34(39)40)41-27-24(20)42-28(38)32(27)13-19(35)31-14-5-2-1-3-6-14/h1-12,20-21,23H,13H2,(H,31,35). The van der Waals surface area contributed by atoms with E-state index in [0.29, 0.717) is 21.2 Å². The van der Waals surface area contributed by atoms with Gasteiger partial charge in [0.15, 0.2) is 0 Å². The van der Waals surface area contributed by atoms with Crippen LogP contribution in [-0.4, -0.2) is 32.5 Å². The van der Waals surface area contributed by atoms with Crippen LogP contribution in [0.4, 0.5) is 17.1 Å². The van der Waals surface area contributed by atoms with E-state index >= 15 is 0 Å². The lowest BCUT2D eigenvalue weighted by molar-refractivity contribution is -0.384. The van der Waals surface area contributed by atoms with Crippen molar-refractivity contribution >= 4 is 81.1 Å². The molecule has 4 aromatic rings. The van der Waals surface area contributed by atoms with Crippen LogP contribution in [0.5, 0.6) is 0 Å².